The van der Waals surface area contributed by atoms with E-state index in [2.05, 4.69) is 36.1 Å². The molecule has 0 radical (unpaired) electrons. The molecule has 0 fully saturated rings. The fourth-order valence-electron chi connectivity index (χ4n) is 2.87. The predicted molar refractivity (Wildman–Crippen MR) is 101 cm³/mol. The number of aromatic nitrogens is 4. The Morgan fingerprint density at radius 3 is 2.48 bits per heavy atom. The van der Waals surface area contributed by atoms with E-state index in [1.165, 1.54) is 11.6 Å². The van der Waals surface area contributed by atoms with Crippen LogP contribution in [0.2, 0.25) is 0 Å². The van der Waals surface area contributed by atoms with Gasteiger partial charge in [0.25, 0.3) is 0 Å². The van der Waals surface area contributed by atoms with Gasteiger partial charge >= 0.3 is 6.18 Å². The van der Waals surface area contributed by atoms with E-state index in [1.807, 2.05) is 38.1 Å². The molecule has 0 aliphatic rings. The molecule has 27 heavy (non-hydrogen) atoms. The SMILES string of the molecule is Cc1ccc(-c2cc(-c3nc4cc(Br)c(C(F)(F)F)cc4[nH]3)[nH]n2)cc1C. The topological polar surface area (TPSA) is 57.4 Å². The minimum absolute atomic E-state index is 0.0408. The van der Waals surface area contributed by atoms with Crippen molar-refractivity contribution in [2.24, 2.45) is 0 Å². The quantitative estimate of drug-likeness (QED) is 0.405. The lowest BCUT2D eigenvalue weighted by Crippen LogP contribution is -2.05. The fraction of sp³-hybridized carbons (Fsp3) is 0.158. The second-order valence-corrected chi connectivity index (χ2v) is 7.25. The lowest BCUT2D eigenvalue weighted by Gasteiger charge is -2.08. The maximum absolute atomic E-state index is 13.1. The van der Waals surface area contributed by atoms with Gasteiger partial charge in [-0.1, -0.05) is 28.1 Å². The highest BCUT2D eigenvalue weighted by Gasteiger charge is 2.33. The van der Waals surface area contributed by atoms with Gasteiger partial charge in [0.2, 0.25) is 0 Å². The van der Waals surface area contributed by atoms with Crippen LogP contribution in [0, 0.1) is 13.8 Å². The fourth-order valence-corrected chi connectivity index (χ4v) is 3.42. The Morgan fingerprint density at radius 2 is 1.78 bits per heavy atom. The zero-order chi connectivity index (χ0) is 19.3. The number of nitrogens with one attached hydrogen (secondary N) is 2. The number of aromatic amines is 2. The molecule has 4 aromatic rings. The van der Waals surface area contributed by atoms with E-state index < -0.39 is 11.7 Å². The van der Waals surface area contributed by atoms with Crippen molar-refractivity contribution in [3.8, 4) is 22.8 Å². The van der Waals surface area contributed by atoms with Gasteiger partial charge < -0.3 is 4.98 Å². The van der Waals surface area contributed by atoms with E-state index in [9.17, 15) is 13.2 Å². The van der Waals surface area contributed by atoms with Gasteiger partial charge in [-0.25, -0.2) is 4.98 Å². The number of nitrogens with zero attached hydrogens (tertiary/aromatic N) is 2. The molecule has 4 nitrogen and oxygen atoms in total. The average molecular weight is 435 g/mol. The number of H-pyrrole nitrogens is 2. The smallest absolute Gasteiger partial charge is 0.337 e. The highest BCUT2D eigenvalue weighted by atomic mass is 79.9. The van der Waals surface area contributed by atoms with Crippen LogP contribution in [0.5, 0.6) is 0 Å². The number of benzene rings is 2. The Labute approximate surface area is 161 Å². The molecule has 4 rings (SSSR count). The first-order valence-corrected chi connectivity index (χ1v) is 8.91. The standard InChI is InChI=1S/C19H14BrF3N4/c1-9-3-4-11(5-10(9)2)14-8-17(27-26-14)18-24-15-6-12(19(21,22)23)13(20)7-16(15)25-18/h3-8H,1-2H3,(H,24,25)(H,26,27). The van der Waals surface area contributed by atoms with Gasteiger partial charge in [0.15, 0.2) is 5.82 Å². The summed E-state index contributed by atoms with van der Waals surface area (Å²) >= 11 is 2.97. The van der Waals surface area contributed by atoms with E-state index in [-0.39, 0.29) is 4.47 Å². The molecular weight excluding hydrogens is 421 g/mol. The van der Waals surface area contributed by atoms with Crippen LogP contribution in [0.15, 0.2) is 40.9 Å². The number of alkyl halides is 3. The van der Waals surface area contributed by atoms with Crippen molar-refractivity contribution in [2.75, 3.05) is 0 Å². The molecule has 8 heteroatoms. The molecular formula is C19H14BrF3N4. The van der Waals surface area contributed by atoms with Crippen LogP contribution in [0.1, 0.15) is 16.7 Å². The van der Waals surface area contributed by atoms with E-state index in [1.54, 1.807) is 0 Å². The number of hydrogen-bond donors (Lipinski definition) is 2. The summed E-state index contributed by atoms with van der Waals surface area (Å²) in [5.41, 5.74) is 4.65. The third-order valence-corrected chi connectivity index (χ3v) is 5.17. The second kappa shape index (κ2) is 6.23. The normalized spacial score (nSPS) is 12.1. The summed E-state index contributed by atoms with van der Waals surface area (Å²) in [7, 11) is 0. The minimum atomic E-state index is -4.44. The maximum Gasteiger partial charge on any atom is 0.417 e. The van der Waals surface area contributed by atoms with E-state index in [4.69, 9.17) is 0 Å². The average Bonchev–Trinajstić information content (AvgIpc) is 3.21. The minimum Gasteiger partial charge on any atom is -0.337 e. The number of aryl methyl sites for hydroxylation is 2. The third-order valence-electron chi connectivity index (χ3n) is 4.51. The van der Waals surface area contributed by atoms with Gasteiger partial charge in [-0.15, -0.1) is 0 Å². The van der Waals surface area contributed by atoms with Crippen LogP contribution < -0.4 is 0 Å². The number of halogens is 4. The molecule has 0 atom stereocenters. The zero-order valence-corrected chi connectivity index (χ0v) is 16.0. The van der Waals surface area contributed by atoms with Gasteiger partial charge in [-0.05, 0) is 49.2 Å². The largest absolute Gasteiger partial charge is 0.417 e. The summed E-state index contributed by atoms with van der Waals surface area (Å²) in [6.45, 7) is 4.07. The molecule has 2 aromatic carbocycles. The molecule has 2 heterocycles. The first-order chi connectivity index (χ1) is 12.7. The van der Waals surface area contributed by atoms with Crippen molar-refractivity contribution in [2.45, 2.75) is 20.0 Å². The van der Waals surface area contributed by atoms with Gasteiger partial charge in [-0.2, -0.15) is 18.3 Å². The maximum atomic E-state index is 13.1. The molecule has 0 saturated carbocycles. The second-order valence-electron chi connectivity index (χ2n) is 6.40. The zero-order valence-electron chi connectivity index (χ0n) is 14.4. The molecule has 2 aromatic heterocycles. The van der Waals surface area contributed by atoms with Crippen LogP contribution in [-0.4, -0.2) is 20.2 Å². The van der Waals surface area contributed by atoms with Crippen LogP contribution in [0.3, 0.4) is 0 Å². The lowest BCUT2D eigenvalue weighted by molar-refractivity contribution is -0.138. The lowest BCUT2D eigenvalue weighted by atomic mass is 10.0. The summed E-state index contributed by atoms with van der Waals surface area (Å²) in [6, 6.07) is 10.3. The number of rotatable bonds is 2. The molecule has 0 aliphatic heterocycles. The molecule has 0 amide bonds. The van der Waals surface area contributed by atoms with Crippen LogP contribution in [-0.2, 0) is 6.18 Å². The van der Waals surface area contributed by atoms with Crippen molar-refractivity contribution < 1.29 is 13.2 Å². The first-order valence-electron chi connectivity index (χ1n) is 8.12. The summed E-state index contributed by atoms with van der Waals surface area (Å²) in [5, 5.41) is 7.20. The Hall–Kier alpha value is -2.61. The highest BCUT2D eigenvalue weighted by molar-refractivity contribution is 9.10. The van der Waals surface area contributed by atoms with Crippen LogP contribution >= 0.6 is 15.9 Å². The van der Waals surface area contributed by atoms with Gasteiger partial charge in [0.05, 0.1) is 22.3 Å². The van der Waals surface area contributed by atoms with Crippen molar-refractivity contribution in [3.05, 3.63) is 57.6 Å². The summed E-state index contributed by atoms with van der Waals surface area (Å²) in [6.07, 6.45) is -4.44. The van der Waals surface area contributed by atoms with Crippen LogP contribution in [0.25, 0.3) is 33.8 Å². The molecule has 0 unspecified atom stereocenters. The van der Waals surface area contributed by atoms with E-state index in [0.29, 0.717) is 22.6 Å². The van der Waals surface area contributed by atoms with Crippen LogP contribution in [0.4, 0.5) is 13.2 Å². The molecule has 0 aliphatic carbocycles. The summed E-state index contributed by atoms with van der Waals surface area (Å²) < 4.78 is 39.2. The number of fused-ring (bicyclic) bond motifs is 1. The Kier molecular flexibility index (Phi) is 4.10. The Bertz CT molecular complexity index is 1160. The van der Waals surface area contributed by atoms with Crippen molar-refractivity contribution in [1.82, 2.24) is 20.2 Å². The molecule has 0 bridgehead atoms. The third kappa shape index (κ3) is 3.25. The molecule has 2 N–H and O–H groups in total. The van der Waals surface area contributed by atoms with Gasteiger partial charge in [-0.3, -0.25) is 5.10 Å². The summed E-state index contributed by atoms with van der Waals surface area (Å²) in [5.74, 6) is 0.429. The van der Waals surface area contributed by atoms with E-state index in [0.717, 1.165) is 22.9 Å². The number of imidazole rings is 1. The number of hydrogen-bond acceptors (Lipinski definition) is 2. The molecule has 138 valence electrons. The van der Waals surface area contributed by atoms with Gasteiger partial charge in [0, 0.05) is 10.0 Å². The predicted octanol–water partition coefficient (Wildman–Crippen LogP) is 6.02. The Morgan fingerprint density at radius 1 is 1.00 bits per heavy atom. The monoisotopic (exact) mass is 434 g/mol. The van der Waals surface area contributed by atoms with Crippen molar-refractivity contribution in [3.63, 3.8) is 0 Å². The van der Waals surface area contributed by atoms with Gasteiger partial charge in [0.1, 0.15) is 5.69 Å². The van der Waals surface area contributed by atoms with Crippen molar-refractivity contribution in [1.29, 1.82) is 0 Å². The summed E-state index contributed by atoms with van der Waals surface area (Å²) in [4.78, 5) is 7.32. The van der Waals surface area contributed by atoms with Crippen molar-refractivity contribution >= 4 is 27.0 Å². The van der Waals surface area contributed by atoms with E-state index >= 15 is 0 Å². The Balaban J connectivity index is 1.75. The first kappa shape index (κ1) is 17.8. The molecule has 0 spiro atoms. The molecule has 0 saturated heterocycles. The highest BCUT2D eigenvalue weighted by Crippen LogP contribution is 2.37.